The van der Waals surface area contributed by atoms with E-state index in [1.54, 1.807) is 44.4 Å². The number of nitrogens with zero attached hydrogens (tertiary/aromatic N) is 3. The van der Waals surface area contributed by atoms with Crippen LogP contribution in [0.15, 0.2) is 47.0 Å². The topological polar surface area (TPSA) is 99.0 Å². The molecule has 1 aromatic heterocycles. The number of aromatic nitrogens is 2. The van der Waals surface area contributed by atoms with Gasteiger partial charge in [-0.25, -0.2) is 4.79 Å². The highest BCUT2D eigenvalue weighted by molar-refractivity contribution is 5.91. The monoisotopic (exact) mass is 424 g/mol. The fourth-order valence-electron chi connectivity index (χ4n) is 3.62. The van der Waals surface area contributed by atoms with Gasteiger partial charge in [0.2, 0.25) is 11.7 Å². The first-order valence-electron chi connectivity index (χ1n) is 9.90. The van der Waals surface area contributed by atoms with Gasteiger partial charge in [0.05, 0.1) is 27.0 Å². The molecule has 4 rings (SSSR count). The molecule has 162 valence electrons. The third-order valence-corrected chi connectivity index (χ3v) is 5.22. The van der Waals surface area contributed by atoms with E-state index in [9.17, 15) is 4.79 Å². The highest BCUT2D eigenvalue weighted by atomic mass is 16.5. The second-order valence-corrected chi connectivity index (χ2v) is 7.04. The SMILES string of the molecule is COc1cccc(-c2noc(C3CCCN3C(=O)Nc3cc(OC)ccc3OC)n2)c1. The zero-order valence-electron chi connectivity index (χ0n) is 17.6. The maximum Gasteiger partial charge on any atom is 0.322 e. The van der Waals surface area contributed by atoms with Crippen molar-refractivity contribution in [3.8, 4) is 28.6 Å². The minimum Gasteiger partial charge on any atom is -0.497 e. The predicted octanol–water partition coefficient (Wildman–Crippen LogP) is 4.13. The number of hydrogen-bond donors (Lipinski definition) is 1. The summed E-state index contributed by atoms with van der Waals surface area (Å²) in [7, 11) is 4.72. The lowest BCUT2D eigenvalue weighted by atomic mass is 10.2. The number of rotatable bonds is 6. The quantitative estimate of drug-likeness (QED) is 0.635. The van der Waals surface area contributed by atoms with Gasteiger partial charge in [0.15, 0.2) is 0 Å². The second kappa shape index (κ2) is 8.95. The zero-order valence-corrected chi connectivity index (χ0v) is 17.6. The highest BCUT2D eigenvalue weighted by Crippen LogP contribution is 2.34. The van der Waals surface area contributed by atoms with Crippen molar-refractivity contribution in [3.05, 3.63) is 48.4 Å². The molecule has 9 nitrogen and oxygen atoms in total. The summed E-state index contributed by atoms with van der Waals surface area (Å²) >= 11 is 0. The van der Waals surface area contributed by atoms with Crippen LogP contribution in [0.5, 0.6) is 17.2 Å². The molecule has 0 aliphatic carbocycles. The van der Waals surface area contributed by atoms with Gasteiger partial charge in [-0.05, 0) is 37.1 Å². The molecule has 1 aliphatic rings. The number of carbonyl (C=O) groups excluding carboxylic acids is 1. The third kappa shape index (κ3) is 4.25. The number of nitrogens with one attached hydrogen (secondary N) is 1. The average molecular weight is 424 g/mol. The van der Waals surface area contributed by atoms with Crippen LogP contribution in [0.1, 0.15) is 24.8 Å². The Balaban J connectivity index is 1.53. The van der Waals surface area contributed by atoms with Crippen molar-refractivity contribution in [1.29, 1.82) is 0 Å². The van der Waals surface area contributed by atoms with Crippen molar-refractivity contribution >= 4 is 11.7 Å². The number of carbonyl (C=O) groups is 1. The molecule has 2 heterocycles. The number of methoxy groups -OCH3 is 3. The summed E-state index contributed by atoms with van der Waals surface area (Å²) in [5.41, 5.74) is 1.31. The predicted molar refractivity (Wildman–Crippen MR) is 114 cm³/mol. The molecule has 1 N–H and O–H groups in total. The molecule has 0 spiro atoms. The molecule has 1 saturated heterocycles. The molecule has 0 radical (unpaired) electrons. The zero-order chi connectivity index (χ0) is 21.8. The maximum absolute atomic E-state index is 13.0. The van der Waals surface area contributed by atoms with Crippen LogP contribution in [0.2, 0.25) is 0 Å². The van der Waals surface area contributed by atoms with Gasteiger partial charge >= 0.3 is 6.03 Å². The van der Waals surface area contributed by atoms with E-state index in [2.05, 4.69) is 15.5 Å². The van der Waals surface area contributed by atoms with Crippen LogP contribution in [-0.2, 0) is 0 Å². The van der Waals surface area contributed by atoms with E-state index in [1.165, 1.54) is 0 Å². The normalized spacial score (nSPS) is 15.6. The number of benzene rings is 2. The molecule has 1 aliphatic heterocycles. The van der Waals surface area contributed by atoms with E-state index in [-0.39, 0.29) is 12.1 Å². The second-order valence-electron chi connectivity index (χ2n) is 7.04. The number of amides is 2. The number of anilines is 1. The fourth-order valence-corrected chi connectivity index (χ4v) is 3.62. The van der Waals surface area contributed by atoms with Gasteiger partial charge in [-0.2, -0.15) is 4.98 Å². The summed E-state index contributed by atoms with van der Waals surface area (Å²) in [5, 5.41) is 7.00. The van der Waals surface area contributed by atoms with Gasteiger partial charge in [0.1, 0.15) is 23.3 Å². The third-order valence-electron chi connectivity index (χ3n) is 5.22. The minimum atomic E-state index is -0.302. The molecule has 1 unspecified atom stereocenters. The van der Waals surface area contributed by atoms with Crippen LogP contribution in [-0.4, -0.2) is 48.9 Å². The van der Waals surface area contributed by atoms with Crippen molar-refractivity contribution in [3.63, 3.8) is 0 Å². The van der Waals surface area contributed by atoms with Crippen molar-refractivity contribution in [1.82, 2.24) is 15.0 Å². The van der Waals surface area contributed by atoms with E-state index in [0.717, 1.165) is 18.4 Å². The van der Waals surface area contributed by atoms with Gasteiger partial charge in [-0.3, -0.25) is 0 Å². The molecule has 1 fully saturated rings. The first-order chi connectivity index (χ1) is 15.1. The summed E-state index contributed by atoms with van der Waals surface area (Å²) < 4.78 is 21.4. The number of hydrogen-bond acceptors (Lipinski definition) is 7. The van der Waals surface area contributed by atoms with E-state index < -0.39 is 0 Å². The Hall–Kier alpha value is -3.75. The van der Waals surface area contributed by atoms with Gasteiger partial charge in [0, 0.05) is 18.2 Å². The number of urea groups is 1. The highest BCUT2D eigenvalue weighted by Gasteiger charge is 2.34. The molecule has 0 bridgehead atoms. The molecule has 2 amide bonds. The van der Waals surface area contributed by atoms with Crippen molar-refractivity contribution in [2.24, 2.45) is 0 Å². The molecule has 31 heavy (non-hydrogen) atoms. The van der Waals surface area contributed by atoms with Crippen molar-refractivity contribution in [2.45, 2.75) is 18.9 Å². The van der Waals surface area contributed by atoms with Crippen LogP contribution < -0.4 is 19.5 Å². The summed E-state index contributed by atoms with van der Waals surface area (Å²) in [6.45, 7) is 0.583. The lowest BCUT2D eigenvalue weighted by molar-refractivity contribution is 0.193. The summed E-state index contributed by atoms with van der Waals surface area (Å²) in [5.74, 6) is 2.73. The van der Waals surface area contributed by atoms with Crippen LogP contribution >= 0.6 is 0 Å². The molecular weight excluding hydrogens is 400 g/mol. The van der Waals surface area contributed by atoms with Crippen LogP contribution in [0.4, 0.5) is 10.5 Å². The minimum absolute atomic E-state index is 0.268. The molecule has 3 aromatic rings. The summed E-state index contributed by atoms with van der Waals surface area (Å²) in [4.78, 5) is 19.3. The first-order valence-corrected chi connectivity index (χ1v) is 9.90. The standard InChI is InChI=1S/C22H24N4O5/c1-28-15-7-4-6-14(12-15)20-24-21(31-25-20)18-8-5-11-26(18)22(27)23-17-13-16(29-2)9-10-19(17)30-3/h4,6-7,9-10,12-13,18H,5,8,11H2,1-3H3,(H,23,27). The van der Waals surface area contributed by atoms with Crippen LogP contribution in [0, 0.1) is 0 Å². The molecule has 1 atom stereocenters. The summed E-state index contributed by atoms with van der Waals surface area (Å²) in [6.07, 6.45) is 1.58. The van der Waals surface area contributed by atoms with Gasteiger partial charge in [-0.15, -0.1) is 0 Å². The van der Waals surface area contributed by atoms with Crippen LogP contribution in [0.3, 0.4) is 0 Å². The lowest BCUT2D eigenvalue weighted by Gasteiger charge is -2.23. The Morgan fingerprint density at radius 1 is 1.10 bits per heavy atom. The Labute approximate surface area is 179 Å². The van der Waals surface area contributed by atoms with Crippen molar-refractivity contribution < 1.29 is 23.5 Å². The summed E-state index contributed by atoms with van der Waals surface area (Å²) in [6, 6.07) is 12.1. The lowest BCUT2D eigenvalue weighted by Crippen LogP contribution is -2.34. The smallest absolute Gasteiger partial charge is 0.322 e. The number of ether oxygens (including phenoxy) is 3. The van der Waals surface area contributed by atoms with Crippen LogP contribution in [0.25, 0.3) is 11.4 Å². The Morgan fingerprint density at radius 2 is 1.90 bits per heavy atom. The maximum atomic E-state index is 13.0. The Bertz CT molecular complexity index is 1070. The van der Waals surface area contributed by atoms with Gasteiger partial charge in [-0.1, -0.05) is 17.3 Å². The van der Waals surface area contributed by atoms with Gasteiger partial charge in [0.25, 0.3) is 0 Å². The Kier molecular flexibility index (Phi) is 5.92. The van der Waals surface area contributed by atoms with E-state index >= 15 is 0 Å². The fraction of sp³-hybridized carbons (Fsp3) is 0.318. The molecule has 0 saturated carbocycles. The van der Waals surface area contributed by atoms with E-state index in [0.29, 0.717) is 41.2 Å². The van der Waals surface area contributed by atoms with E-state index in [4.69, 9.17) is 18.7 Å². The van der Waals surface area contributed by atoms with Crippen molar-refractivity contribution in [2.75, 3.05) is 33.2 Å². The largest absolute Gasteiger partial charge is 0.497 e. The van der Waals surface area contributed by atoms with E-state index in [1.807, 2.05) is 24.3 Å². The molecular formula is C22H24N4O5. The molecule has 2 aromatic carbocycles. The number of likely N-dealkylation sites (tertiary alicyclic amines) is 1. The van der Waals surface area contributed by atoms with Gasteiger partial charge < -0.3 is 29.0 Å². The average Bonchev–Trinajstić information content (AvgIpc) is 3.48. The Morgan fingerprint density at radius 3 is 2.68 bits per heavy atom. The first kappa shape index (κ1) is 20.5. The molecule has 9 heteroatoms.